The van der Waals surface area contributed by atoms with Crippen LogP contribution in [0.5, 0.6) is 11.5 Å². The molecule has 0 radical (unpaired) electrons. The number of hydrogen-bond donors (Lipinski definition) is 1. The normalized spacial score (nSPS) is 11.0. The van der Waals surface area contributed by atoms with Crippen molar-refractivity contribution in [3.8, 4) is 17.6 Å². The van der Waals surface area contributed by atoms with Crippen LogP contribution in [0.1, 0.15) is 29.2 Å². The molecule has 3 rings (SSSR count). The Bertz CT molecular complexity index is 1260. The van der Waals surface area contributed by atoms with Crippen LogP contribution in [0.2, 0.25) is 5.02 Å². The molecule has 174 valence electrons. The number of rotatable bonds is 8. The average molecular weight is 540 g/mol. The molecule has 3 aromatic carbocycles. The molecule has 7 heteroatoms. The number of ether oxygens (including phenoxy) is 2. The van der Waals surface area contributed by atoms with Crippen LogP contribution in [0, 0.1) is 25.2 Å². The molecule has 0 atom stereocenters. The van der Waals surface area contributed by atoms with Crippen LogP contribution in [0.25, 0.3) is 6.08 Å². The monoisotopic (exact) mass is 538 g/mol. The van der Waals surface area contributed by atoms with E-state index >= 15 is 0 Å². The van der Waals surface area contributed by atoms with Crippen LogP contribution < -0.4 is 14.8 Å². The molecular weight excluding hydrogens is 516 g/mol. The van der Waals surface area contributed by atoms with Crippen molar-refractivity contribution >= 4 is 45.2 Å². The summed E-state index contributed by atoms with van der Waals surface area (Å²) in [6.07, 6.45) is 1.52. The van der Waals surface area contributed by atoms with Gasteiger partial charge in [-0.2, -0.15) is 5.26 Å². The van der Waals surface area contributed by atoms with E-state index in [1.165, 1.54) is 6.08 Å². The van der Waals surface area contributed by atoms with Gasteiger partial charge in [0.1, 0.15) is 18.2 Å². The summed E-state index contributed by atoms with van der Waals surface area (Å²) in [6.45, 7) is 6.60. The Hall–Kier alpha value is -3.27. The molecule has 0 bridgehead atoms. The number of nitrogens with one attached hydrogen (secondary N) is 1. The van der Waals surface area contributed by atoms with Crippen LogP contribution in [0.3, 0.4) is 0 Å². The summed E-state index contributed by atoms with van der Waals surface area (Å²) in [7, 11) is 0. The van der Waals surface area contributed by atoms with Gasteiger partial charge in [0.25, 0.3) is 5.91 Å². The maximum atomic E-state index is 12.7. The fraction of sp³-hybridized carbons (Fsp3) is 0.185. The lowest BCUT2D eigenvalue weighted by Crippen LogP contribution is -2.13. The number of anilines is 1. The Morgan fingerprint density at radius 1 is 1.06 bits per heavy atom. The topological polar surface area (TPSA) is 71.3 Å². The lowest BCUT2D eigenvalue weighted by Gasteiger charge is -2.14. The molecular formula is C27H24BrClN2O3. The molecule has 0 fully saturated rings. The maximum absolute atomic E-state index is 12.7. The van der Waals surface area contributed by atoms with Gasteiger partial charge < -0.3 is 14.8 Å². The molecule has 0 aromatic heterocycles. The van der Waals surface area contributed by atoms with Gasteiger partial charge in [-0.05, 0) is 85.5 Å². The van der Waals surface area contributed by atoms with Crippen LogP contribution in [-0.2, 0) is 11.4 Å². The van der Waals surface area contributed by atoms with Gasteiger partial charge in [-0.3, -0.25) is 4.79 Å². The minimum absolute atomic E-state index is 0.0313. The van der Waals surface area contributed by atoms with Gasteiger partial charge in [0.05, 0.1) is 6.61 Å². The molecule has 0 aliphatic heterocycles. The highest BCUT2D eigenvalue weighted by molar-refractivity contribution is 9.10. The molecule has 0 unspecified atom stereocenters. The third-order valence-corrected chi connectivity index (χ3v) is 6.04. The minimum atomic E-state index is -0.487. The second kappa shape index (κ2) is 11.7. The summed E-state index contributed by atoms with van der Waals surface area (Å²) < 4.78 is 12.4. The predicted octanol–water partition coefficient (Wildman–Crippen LogP) is 7.24. The Labute approximate surface area is 213 Å². The van der Waals surface area contributed by atoms with Crippen molar-refractivity contribution < 1.29 is 14.3 Å². The number of carbonyl (C=O) groups is 1. The molecule has 0 aliphatic rings. The van der Waals surface area contributed by atoms with E-state index in [0.29, 0.717) is 45.5 Å². The molecule has 0 spiro atoms. The Morgan fingerprint density at radius 2 is 1.76 bits per heavy atom. The van der Waals surface area contributed by atoms with Gasteiger partial charge in [0.15, 0.2) is 11.5 Å². The quantitative estimate of drug-likeness (QED) is 0.242. The zero-order valence-corrected chi connectivity index (χ0v) is 21.5. The van der Waals surface area contributed by atoms with E-state index < -0.39 is 5.91 Å². The van der Waals surface area contributed by atoms with E-state index in [1.54, 1.807) is 24.3 Å². The summed E-state index contributed by atoms with van der Waals surface area (Å²) >= 11 is 9.46. The van der Waals surface area contributed by atoms with Gasteiger partial charge in [-0.25, -0.2) is 0 Å². The highest BCUT2D eigenvalue weighted by Crippen LogP contribution is 2.35. The zero-order valence-electron chi connectivity index (χ0n) is 19.1. The van der Waals surface area contributed by atoms with Crippen molar-refractivity contribution in [1.29, 1.82) is 5.26 Å². The third-order valence-electron chi connectivity index (χ3n) is 5.10. The summed E-state index contributed by atoms with van der Waals surface area (Å²) in [5, 5.41) is 13.1. The fourth-order valence-corrected chi connectivity index (χ4v) is 3.67. The molecule has 0 saturated carbocycles. The standard InChI is InChI=1S/C27H24BrClN2O3/c1-4-33-25-13-20(24(28)14-26(25)34-16-19-6-8-22(29)9-7-19)12-21(15-30)27(32)31-23-10-5-17(2)18(3)11-23/h5-14H,4,16H2,1-3H3,(H,31,32)/b21-12+. The van der Waals surface area contributed by atoms with Crippen LogP contribution >= 0.6 is 27.5 Å². The molecule has 0 saturated heterocycles. The number of hydrogen-bond acceptors (Lipinski definition) is 4. The molecule has 1 N–H and O–H groups in total. The van der Waals surface area contributed by atoms with Crippen molar-refractivity contribution in [1.82, 2.24) is 0 Å². The lowest BCUT2D eigenvalue weighted by atomic mass is 10.1. The van der Waals surface area contributed by atoms with E-state index in [0.717, 1.165) is 16.7 Å². The van der Waals surface area contributed by atoms with E-state index in [9.17, 15) is 10.1 Å². The summed E-state index contributed by atoms with van der Waals surface area (Å²) in [6, 6.07) is 18.5. The summed E-state index contributed by atoms with van der Waals surface area (Å²) in [5.41, 5.74) is 4.36. The van der Waals surface area contributed by atoms with Crippen molar-refractivity contribution in [2.75, 3.05) is 11.9 Å². The third kappa shape index (κ3) is 6.63. The summed E-state index contributed by atoms with van der Waals surface area (Å²) in [4.78, 5) is 12.7. The Balaban J connectivity index is 1.84. The number of amides is 1. The maximum Gasteiger partial charge on any atom is 0.266 e. The second-order valence-electron chi connectivity index (χ2n) is 7.59. The van der Waals surface area contributed by atoms with Crippen molar-refractivity contribution in [2.45, 2.75) is 27.4 Å². The van der Waals surface area contributed by atoms with E-state index in [1.807, 2.05) is 57.2 Å². The lowest BCUT2D eigenvalue weighted by molar-refractivity contribution is -0.112. The Kier molecular flexibility index (Phi) is 8.75. The smallest absolute Gasteiger partial charge is 0.266 e. The molecule has 0 heterocycles. The van der Waals surface area contributed by atoms with Gasteiger partial charge in [0, 0.05) is 15.2 Å². The summed E-state index contributed by atoms with van der Waals surface area (Å²) in [5.74, 6) is 0.565. The minimum Gasteiger partial charge on any atom is -0.490 e. The largest absolute Gasteiger partial charge is 0.490 e. The van der Waals surface area contributed by atoms with Crippen LogP contribution in [0.15, 0.2) is 64.6 Å². The number of nitrogens with zero attached hydrogens (tertiary/aromatic N) is 1. The van der Waals surface area contributed by atoms with E-state index in [2.05, 4.69) is 21.2 Å². The van der Waals surface area contributed by atoms with Crippen molar-refractivity contribution in [3.63, 3.8) is 0 Å². The second-order valence-corrected chi connectivity index (χ2v) is 8.88. The highest BCUT2D eigenvalue weighted by atomic mass is 79.9. The van der Waals surface area contributed by atoms with E-state index in [4.69, 9.17) is 21.1 Å². The zero-order chi connectivity index (χ0) is 24.7. The molecule has 0 aliphatic carbocycles. The number of benzene rings is 3. The van der Waals surface area contributed by atoms with Gasteiger partial charge in [0.2, 0.25) is 0 Å². The molecule has 34 heavy (non-hydrogen) atoms. The van der Waals surface area contributed by atoms with Crippen LogP contribution in [-0.4, -0.2) is 12.5 Å². The number of halogens is 2. The Morgan fingerprint density at radius 3 is 2.41 bits per heavy atom. The predicted molar refractivity (Wildman–Crippen MR) is 139 cm³/mol. The first-order chi connectivity index (χ1) is 16.3. The first-order valence-electron chi connectivity index (χ1n) is 10.6. The first kappa shape index (κ1) is 25.4. The molecule has 3 aromatic rings. The van der Waals surface area contributed by atoms with Crippen molar-refractivity contribution in [3.05, 3.63) is 91.9 Å². The van der Waals surface area contributed by atoms with E-state index in [-0.39, 0.29) is 5.57 Å². The van der Waals surface area contributed by atoms with Gasteiger partial charge >= 0.3 is 0 Å². The molecule has 5 nitrogen and oxygen atoms in total. The van der Waals surface area contributed by atoms with Gasteiger partial charge in [-0.15, -0.1) is 0 Å². The van der Waals surface area contributed by atoms with Crippen molar-refractivity contribution in [2.24, 2.45) is 0 Å². The number of nitriles is 1. The SMILES string of the molecule is CCOc1cc(/C=C(\C#N)C(=O)Nc2ccc(C)c(C)c2)c(Br)cc1OCc1ccc(Cl)cc1. The molecule has 1 amide bonds. The van der Waals surface area contributed by atoms with Crippen LogP contribution in [0.4, 0.5) is 5.69 Å². The van der Waals surface area contributed by atoms with Gasteiger partial charge in [-0.1, -0.05) is 45.7 Å². The highest BCUT2D eigenvalue weighted by Gasteiger charge is 2.14. The fourth-order valence-electron chi connectivity index (χ4n) is 3.11. The average Bonchev–Trinajstić information content (AvgIpc) is 2.81. The number of aryl methyl sites for hydroxylation is 2. The number of carbonyl (C=O) groups excluding carboxylic acids is 1. The first-order valence-corrected chi connectivity index (χ1v) is 11.8.